The number of sulfonamides is 1. The fourth-order valence-electron chi connectivity index (χ4n) is 1.31. The second-order valence-electron chi connectivity index (χ2n) is 3.80. The Labute approximate surface area is 101 Å². The van der Waals surface area contributed by atoms with Gasteiger partial charge in [0.15, 0.2) is 0 Å². The molecule has 1 aromatic heterocycles. The van der Waals surface area contributed by atoms with Crippen molar-refractivity contribution in [3.8, 4) is 0 Å². The third-order valence-electron chi connectivity index (χ3n) is 2.34. The van der Waals surface area contributed by atoms with Gasteiger partial charge in [0.25, 0.3) is 0 Å². The van der Waals surface area contributed by atoms with Gasteiger partial charge in [0.05, 0.1) is 4.90 Å². The molecule has 6 heteroatoms. The molecule has 0 saturated heterocycles. The van der Waals surface area contributed by atoms with Crippen molar-refractivity contribution in [3.05, 3.63) is 15.8 Å². The highest BCUT2D eigenvalue weighted by Crippen LogP contribution is 2.24. The van der Waals surface area contributed by atoms with Crippen molar-refractivity contribution >= 4 is 21.4 Å². The Balaban J connectivity index is 2.82. The molecule has 16 heavy (non-hydrogen) atoms. The standard InChI is InChI=1S/C10H18N2O2S2/c1-4-9(11)6-12-16(13,14)10-5-7(2)15-8(10)3/h5,9,12H,4,6,11H2,1-3H3. The minimum atomic E-state index is -3.39. The highest BCUT2D eigenvalue weighted by molar-refractivity contribution is 7.89. The van der Waals surface area contributed by atoms with Crippen LogP contribution in [0.4, 0.5) is 0 Å². The van der Waals surface area contributed by atoms with Crippen molar-refractivity contribution in [2.45, 2.75) is 38.1 Å². The van der Waals surface area contributed by atoms with Crippen LogP contribution in [0.5, 0.6) is 0 Å². The molecule has 0 fully saturated rings. The molecule has 0 aromatic carbocycles. The van der Waals surface area contributed by atoms with Gasteiger partial charge in [-0.3, -0.25) is 0 Å². The summed E-state index contributed by atoms with van der Waals surface area (Å²) in [6.45, 7) is 5.92. The molecule has 0 spiro atoms. The number of thiophene rings is 1. The second kappa shape index (κ2) is 5.27. The van der Waals surface area contributed by atoms with Gasteiger partial charge in [-0.15, -0.1) is 11.3 Å². The average molecular weight is 262 g/mol. The second-order valence-corrected chi connectivity index (χ2v) is 6.99. The van der Waals surface area contributed by atoms with Crippen LogP contribution in [0.25, 0.3) is 0 Å². The highest BCUT2D eigenvalue weighted by Gasteiger charge is 2.19. The summed E-state index contributed by atoms with van der Waals surface area (Å²) < 4.78 is 26.4. The Bertz CT molecular complexity index is 451. The Morgan fingerprint density at radius 2 is 2.12 bits per heavy atom. The van der Waals surface area contributed by atoms with Crippen LogP contribution in [0.3, 0.4) is 0 Å². The fourth-order valence-corrected chi connectivity index (χ4v) is 3.96. The summed E-state index contributed by atoms with van der Waals surface area (Å²) >= 11 is 1.49. The molecule has 92 valence electrons. The number of hydrogen-bond donors (Lipinski definition) is 2. The molecule has 0 amide bonds. The van der Waals surface area contributed by atoms with E-state index in [0.717, 1.165) is 16.2 Å². The zero-order chi connectivity index (χ0) is 12.3. The Morgan fingerprint density at radius 3 is 2.56 bits per heavy atom. The Morgan fingerprint density at radius 1 is 1.50 bits per heavy atom. The van der Waals surface area contributed by atoms with Crippen LogP contribution in [0.1, 0.15) is 23.1 Å². The summed E-state index contributed by atoms with van der Waals surface area (Å²) in [6.07, 6.45) is 0.754. The Hall–Kier alpha value is -0.430. The quantitative estimate of drug-likeness (QED) is 0.842. The molecule has 1 rings (SSSR count). The summed E-state index contributed by atoms with van der Waals surface area (Å²) in [5, 5.41) is 0. The summed E-state index contributed by atoms with van der Waals surface area (Å²) in [5.41, 5.74) is 5.68. The molecule has 1 aromatic rings. The lowest BCUT2D eigenvalue weighted by Crippen LogP contribution is -2.36. The van der Waals surface area contributed by atoms with E-state index in [9.17, 15) is 8.42 Å². The van der Waals surface area contributed by atoms with Crippen molar-refractivity contribution < 1.29 is 8.42 Å². The molecule has 1 atom stereocenters. The maximum absolute atomic E-state index is 11.9. The number of rotatable bonds is 5. The van der Waals surface area contributed by atoms with Gasteiger partial charge in [-0.1, -0.05) is 6.92 Å². The minimum Gasteiger partial charge on any atom is -0.327 e. The van der Waals surface area contributed by atoms with E-state index in [0.29, 0.717) is 4.90 Å². The number of hydrogen-bond acceptors (Lipinski definition) is 4. The lowest BCUT2D eigenvalue weighted by atomic mass is 10.2. The maximum Gasteiger partial charge on any atom is 0.241 e. The average Bonchev–Trinajstić information content (AvgIpc) is 2.55. The molecule has 0 bridgehead atoms. The molecule has 0 aliphatic rings. The molecule has 0 aliphatic heterocycles. The fraction of sp³-hybridized carbons (Fsp3) is 0.600. The number of aryl methyl sites for hydroxylation is 2. The first-order valence-corrected chi connectivity index (χ1v) is 7.49. The smallest absolute Gasteiger partial charge is 0.241 e. The van der Waals surface area contributed by atoms with Crippen molar-refractivity contribution in [3.63, 3.8) is 0 Å². The zero-order valence-electron chi connectivity index (χ0n) is 9.78. The molecular formula is C10H18N2O2S2. The number of nitrogens with two attached hydrogens (primary N) is 1. The third-order valence-corrected chi connectivity index (χ3v) is 4.99. The molecule has 0 aliphatic carbocycles. The van der Waals surface area contributed by atoms with Crippen LogP contribution in [0.15, 0.2) is 11.0 Å². The van der Waals surface area contributed by atoms with Crippen LogP contribution in [0.2, 0.25) is 0 Å². The predicted molar refractivity (Wildman–Crippen MR) is 67.2 cm³/mol. The van der Waals surface area contributed by atoms with E-state index >= 15 is 0 Å². The van der Waals surface area contributed by atoms with E-state index in [1.165, 1.54) is 11.3 Å². The molecule has 3 N–H and O–H groups in total. The van der Waals surface area contributed by atoms with Crippen LogP contribution in [0, 0.1) is 13.8 Å². The van der Waals surface area contributed by atoms with E-state index < -0.39 is 10.0 Å². The number of nitrogens with one attached hydrogen (secondary N) is 1. The third kappa shape index (κ3) is 3.28. The van der Waals surface area contributed by atoms with Crippen LogP contribution in [-0.4, -0.2) is 21.0 Å². The maximum atomic E-state index is 11.9. The molecule has 0 radical (unpaired) electrons. The zero-order valence-corrected chi connectivity index (χ0v) is 11.4. The largest absolute Gasteiger partial charge is 0.327 e. The van der Waals surface area contributed by atoms with E-state index in [-0.39, 0.29) is 12.6 Å². The summed E-state index contributed by atoms with van der Waals surface area (Å²) in [7, 11) is -3.39. The van der Waals surface area contributed by atoms with Crippen molar-refractivity contribution in [2.24, 2.45) is 5.73 Å². The molecule has 4 nitrogen and oxygen atoms in total. The van der Waals surface area contributed by atoms with Gasteiger partial charge < -0.3 is 5.73 Å². The normalized spacial score (nSPS) is 14.0. The topological polar surface area (TPSA) is 72.2 Å². The molecule has 0 saturated carbocycles. The van der Waals surface area contributed by atoms with Gasteiger partial charge >= 0.3 is 0 Å². The van der Waals surface area contributed by atoms with Crippen molar-refractivity contribution in [1.82, 2.24) is 4.72 Å². The van der Waals surface area contributed by atoms with Crippen LogP contribution < -0.4 is 10.5 Å². The predicted octanol–water partition coefficient (Wildman–Crippen LogP) is 1.38. The first kappa shape index (κ1) is 13.6. The molecule has 1 heterocycles. The lowest BCUT2D eigenvalue weighted by molar-refractivity contribution is 0.564. The summed E-state index contributed by atoms with van der Waals surface area (Å²) in [4.78, 5) is 2.19. The monoisotopic (exact) mass is 262 g/mol. The van der Waals surface area contributed by atoms with E-state index in [1.54, 1.807) is 6.07 Å². The highest BCUT2D eigenvalue weighted by atomic mass is 32.2. The molecular weight excluding hydrogens is 244 g/mol. The molecule has 1 unspecified atom stereocenters. The van der Waals surface area contributed by atoms with Crippen molar-refractivity contribution in [1.29, 1.82) is 0 Å². The van der Waals surface area contributed by atoms with E-state index in [4.69, 9.17) is 5.73 Å². The van der Waals surface area contributed by atoms with Gasteiger partial charge in [-0.2, -0.15) is 0 Å². The lowest BCUT2D eigenvalue weighted by Gasteiger charge is -2.10. The van der Waals surface area contributed by atoms with Gasteiger partial charge in [-0.05, 0) is 26.3 Å². The Kier molecular flexibility index (Phi) is 4.49. The first-order valence-electron chi connectivity index (χ1n) is 5.19. The van der Waals surface area contributed by atoms with Gasteiger partial charge in [-0.25, -0.2) is 13.1 Å². The van der Waals surface area contributed by atoms with Crippen molar-refractivity contribution in [2.75, 3.05) is 6.54 Å². The summed E-state index contributed by atoms with van der Waals surface area (Å²) in [6, 6.07) is 1.56. The first-order chi connectivity index (χ1) is 7.36. The van der Waals surface area contributed by atoms with Crippen LogP contribution in [-0.2, 0) is 10.0 Å². The van der Waals surface area contributed by atoms with Gasteiger partial charge in [0, 0.05) is 22.3 Å². The van der Waals surface area contributed by atoms with Gasteiger partial charge in [0.1, 0.15) is 0 Å². The van der Waals surface area contributed by atoms with Gasteiger partial charge in [0.2, 0.25) is 10.0 Å². The van der Waals surface area contributed by atoms with E-state index in [2.05, 4.69) is 4.72 Å². The van der Waals surface area contributed by atoms with E-state index in [1.807, 2.05) is 20.8 Å². The minimum absolute atomic E-state index is 0.130. The van der Waals surface area contributed by atoms with Crippen LogP contribution >= 0.6 is 11.3 Å². The summed E-state index contributed by atoms with van der Waals surface area (Å²) in [5.74, 6) is 0. The SMILES string of the molecule is CCC(N)CNS(=O)(=O)c1cc(C)sc1C.